The van der Waals surface area contributed by atoms with Crippen LogP contribution in [0, 0.1) is 0 Å². The van der Waals surface area contributed by atoms with Gasteiger partial charge in [-0.1, -0.05) is 19.1 Å². The van der Waals surface area contributed by atoms with Crippen molar-refractivity contribution in [1.82, 2.24) is 5.32 Å². The number of aliphatic hydroxyl groups is 1. The van der Waals surface area contributed by atoms with Crippen molar-refractivity contribution in [2.75, 3.05) is 31.7 Å². The van der Waals surface area contributed by atoms with Crippen LogP contribution in [0.1, 0.15) is 18.9 Å². The molecular formula is C15H25NO4S. The maximum absolute atomic E-state index is 10.9. The van der Waals surface area contributed by atoms with Crippen LogP contribution in [0.15, 0.2) is 24.3 Å². The molecule has 0 bridgehead atoms. The Labute approximate surface area is 127 Å². The molecule has 1 rings (SSSR count). The summed E-state index contributed by atoms with van der Waals surface area (Å²) in [5.74, 6) is 0.918. The van der Waals surface area contributed by atoms with Gasteiger partial charge >= 0.3 is 0 Å². The van der Waals surface area contributed by atoms with Gasteiger partial charge in [0.2, 0.25) is 0 Å². The number of ether oxygens (including phenoxy) is 1. The maximum Gasteiger partial charge on any atom is 0.147 e. The molecule has 0 aliphatic carbocycles. The summed E-state index contributed by atoms with van der Waals surface area (Å²) in [4.78, 5) is 0. The third-order valence-electron chi connectivity index (χ3n) is 3.00. The number of sulfone groups is 1. The molecule has 1 aromatic rings. The molecule has 0 radical (unpaired) electrons. The fraction of sp³-hybridized carbons (Fsp3) is 0.600. The fourth-order valence-corrected chi connectivity index (χ4v) is 2.50. The lowest BCUT2D eigenvalue weighted by atomic mass is 10.2. The predicted molar refractivity (Wildman–Crippen MR) is 84.5 cm³/mol. The van der Waals surface area contributed by atoms with E-state index < -0.39 is 15.9 Å². The van der Waals surface area contributed by atoms with Gasteiger partial charge in [0.05, 0.1) is 5.75 Å². The van der Waals surface area contributed by atoms with Crippen molar-refractivity contribution in [1.29, 1.82) is 0 Å². The maximum atomic E-state index is 10.9. The standard InChI is InChI=1S/C15H25NO4S/c1-3-13-6-4-7-15(10-13)20-12-14(17)11-16-8-5-9-21(2,18)19/h4,6-7,10,14,16-17H,3,5,8-9,11-12H2,1-2H3. The van der Waals surface area contributed by atoms with Crippen LogP contribution in [0.5, 0.6) is 5.75 Å². The van der Waals surface area contributed by atoms with Crippen molar-refractivity contribution in [3.63, 3.8) is 0 Å². The molecule has 1 unspecified atom stereocenters. The lowest BCUT2D eigenvalue weighted by Gasteiger charge is -2.13. The van der Waals surface area contributed by atoms with Crippen LogP contribution in [0.2, 0.25) is 0 Å². The summed E-state index contributed by atoms with van der Waals surface area (Å²) in [6.07, 6.45) is 2.10. The second-order valence-electron chi connectivity index (χ2n) is 5.15. The van der Waals surface area contributed by atoms with Crippen molar-refractivity contribution in [3.8, 4) is 5.75 Å². The van der Waals surface area contributed by atoms with Gasteiger partial charge in [0.1, 0.15) is 28.3 Å². The summed E-state index contributed by atoms with van der Waals surface area (Å²) in [6, 6.07) is 7.80. The number of hydrogen-bond donors (Lipinski definition) is 2. The van der Waals surface area contributed by atoms with E-state index in [0.29, 0.717) is 19.5 Å². The smallest absolute Gasteiger partial charge is 0.147 e. The highest BCUT2D eigenvalue weighted by Crippen LogP contribution is 2.13. The summed E-state index contributed by atoms with van der Waals surface area (Å²) >= 11 is 0. The Morgan fingerprint density at radius 2 is 2.14 bits per heavy atom. The van der Waals surface area contributed by atoms with Gasteiger partial charge in [-0.15, -0.1) is 0 Å². The third-order valence-corrected chi connectivity index (χ3v) is 4.03. The zero-order valence-electron chi connectivity index (χ0n) is 12.7. The molecule has 6 heteroatoms. The van der Waals surface area contributed by atoms with E-state index in [1.54, 1.807) is 0 Å². The van der Waals surface area contributed by atoms with Crippen LogP contribution in [-0.4, -0.2) is 51.3 Å². The first-order chi connectivity index (χ1) is 9.90. The SMILES string of the molecule is CCc1cccc(OCC(O)CNCCCS(C)(=O)=O)c1. The quantitative estimate of drug-likeness (QED) is 0.630. The highest BCUT2D eigenvalue weighted by atomic mass is 32.2. The molecule has 0 amide bonds. The number of aliphatic hydroxyl groups excluding tert-OH is 1. The van der Waals surface area contributed by atoms with Gasteiger partial charge in [-0.2, -0.15) is 0 Å². The molecule has 0 saturated heterocycles. The zero-order chi connectivity index (χ0) is 15.7. The fourth-order valence-electron chi connectivity index (χ4n) is 1.83. The van der Waals surface area contributed by atoms with E-state index >= 15 is 0 Å². The molecule has 0 saturated carbocycles. The van der Waals surface area contributed by atoms with Crippen LogP contribution < -0.4 is 10.1 Å². The topological polar surface area (TPSA) is 75.6 Å². The summed E-state index contributed by atoms with van der Waals surface area (Å²) in [5.41, 5.74) is 1.20. The average molecular weight is 315 g/mol. The molecule has 0 spiro atoms. The van der Waals surface area contributed by atoms with Crippen LogP contribution in [0.4, 0.5) is 0 Å². The monoisotopic (exact) mass is 315 g/mol. The summed E-state index contributed by atoms with van der Waals surface area (Å²) < 4.78 is 27.4. The molecule has 0 fully saturated rings. The first-order valence-corrected chi connectivity index (χ1v) is 9.25. The molecule has 0 aliphatic rings. The summed E-state index contributed by atoms with van der Waals surface area (Å²) in [7, 11) is -2.90. The minimum Gasteiger partial charge on any atom is -0.491 e. The largest absolute Gasteiger partial charge is 0.491 e. The number of hydrogen-bond acceptors (Lipinski definition) is 5. The number of aryl methyl sites for hydroxylation is 1. The Balaban J connectivity index is 2.17. The Bertz CT molecular complexity index is 516. The van der Waals surface area contributed by atoms with E-state index in [4.69, 9.17) is 4.74 Å². The minimum atomic E-state index is -2.90. The van der Waals surface area contributed by atoms with Gasteiger partial charge in [-0.25, -0.2) is 8.42 Å². The normalized spacial score (nSPS) is 13.1. The Morgan fingerprint density at radius 1 is 1.38 bits per heavy atom. The molecule has 0 aliphatic heterocycles. The van der Waals surface area contributed by atoms with E-state index in [1.807, 2.05) is 24.3 Å². The van der Waals surface area contributed by atoms with Gasteiger partial charge in [0.25, 0.3) is 0 Å². The highest BCUT2D eigenvalue weighted by molar-refractivity contribution is 7.90. The Hall–Kier alpha value is -1.11. The first-order valence-electron chi connectivity index (χ1n) is 7.19. The average Bonchev–Trinajstić information content (AvgIpc) is 2.44. The number of rotatable bonds is 10. The van der Waals surface area contributed by atoms with Crippen LogP contribution in [0.25, 0.3) is 0 Å². The Morgan fingerprint density at radius 3 is 2.81 bits per heavy atom. The lowest BCUT2D eigenvalue weighted by Crippen LogP contribution is -2.32. The van der Waals surface area contributed by atoms with Crippen LogP contribution >= 0.6 is 0 Å². The number of nitrogens with one attached hydrogen (secondary N) is 1. The van der Waals surface area contributed by atoms with Crippen molar-refractivity contribution in [2.45, 2.75) is 25.9 Å². The molecule has 5 nitrogen and oxygen atoms in total. The minimum absolute atomic E-state index is 0.163. The molecule has 0 heterocycles. The van der Waals surface area contributed by atoms with Crippen molar-refractivity contribution >= 4 is 9.84 Å². The molecule has 21 heavy (non-hydrogen) atoms. The lowest BCUT2D eigenvalue weighted by molar-refractivity contribution is 0.106. The van der Waals surface area contributed by atoms with Crippen molar-refractivity contribution in [2.24, 2.45) is 0 Å². The molecule has 1 aromatic carbocycles. The second-order valence-corrected chi connectivity index (χ2v) is 7.41. The molecule has 120 valence electrons. The van der Waals surface area contributed by atoms with E-state index in [-0.39, 0.29) is 12.4 Å². The summed E-state index contributed by atoms with van der Waals surface area (Å²) in [5, 5.41) is 12.8. The highest BCUT2D eigenvalue weighted by Gasteiger charge is 2.06. The van der Waals surface area contributed by atoms with Gasteiger partial charge in [0, 0.05) is 12.8 Å². The Kier molecular flexibility index (Phi) is 7.71. The zero-order valence-corrected chi connectivity index (χ0v) is 13.5. The van der Waals surface area contributed by atoms with Gasteiger partial charge < -0.3 is 15.2 Å². The molecule has 1 atom stereocenters. The predicted octanol–water partition coefficient (Wildman–Crippen LogP) is 1.01. The first kappa shape index (κ1) is 17.9. The third kappa shape index (κ3) is 8.70. The van der Waals surface area contributed by atoms with Crippen molar-refractivity contribution in [3.05, 3.63) is 29.8 Å². The van der Waals surface area contributed by atoms with Gasteiger partial charge in [0.15, 0.2) is 0 Å². The van der Waals surface area contributed by atoms with Crippen molar-refractivity contribution < 1.29 is 18.3 Å². The molecular weight excluding hydrogens is 290 g/mol. The number of benzene rings is 1. The van der Waals surface area contributed by atoms with E-state index in [9.17, 15) is 13.5 Å². The van der Waals surface area contributed by atoms with Crippen LogP contribution in [-0.2, 0) is 16.3 Å². The van der Waals surface area contributed by atoms with Gasteiger partial charge in [-0.05, 0) is 37.1 Å². The molecule has 2 N–H and O–H groups in total. The molecule has 0 aromatic heterocycles. The second kappa shape index (κ2) is 9.02. The van der Waals surface area contributed by atoms with Crippen LogP contribution in [0.3, 0.4) is 0 Å². The van der Waals surface area contributed by atoms with E-state index in [0.717, 1.165) is 12.2 Å². The van der Waals surface area contributed by atoms with Gasteiger partial charge in [-0.3, -0.25) is 0 Å². The van der Waals surface area contributed by atoms with E-state index in [1.165, 1.54) is 11.8 Å². The van der Waals surface area contributed by atoms with E-state index in [2.05, 4.69) is 12.2 Å². The summed E-state index contributed by atoms with van der Waals surface area (Å²) in [6.45, 7) is 3.24.